The molecule has 0 aromatic carbocycles. The predicted octanol–water partition coefficient (Wildman–Crippen LogP) is -0.369. The molecule has 1 saturated heterocycles. The van der Waals surface area contributed by atoms with Crippen molar-refractivity contribution in [1.29, 1.82) is 0 Å². The zero-order valence-electron chi connectivity index (χ0n) is 16.4. The quantitative estimate of drug-likeness (QED) is 0.347. The smallest absolute Gasteiger partial charge is 0.352 e. The number of tetrazole rings is 1. The Bertz CT molecular complexity index is 1100. The monoisotopic (exact) mass is 482 g/mol. The highest BCUT2D eigenvalue weighted by Gasteiger charge is 2.54. The molecular weight excluding hydrogens is 464 g/mol. The zero-order chi connectivity index (χ0) is 22.3. The number of thioether (sulfide) groups is 2. The van der Waals surface area contributed by atoms with Crippen LogP contribution in [0.15, 0.2) is 16.4 Å². The molecule has 0 spiro atoms. The second-order valence-electron chi connectivity index (χ2n) is 6.82. The van der Waals surface area contributed by atoms with E-state index in [9.17, 15) is 19.5 Å². The molecule has 0 radical (unpaired) electrons. The molecule has 31 heavy (non-hydrogen) atoms. The first-order valence-electron chi connectivity index (χ1n) is 9.02. The number of nitrogens with zero attached hydrogens (tertiary/aromatic N) is 6. The summed E-state index contributed by atoms with van der Waals surface area (Å²) in [4.78, 5) is 43.2. The lowest BCUT2D eigenvalue weighted by Gasteiger charge is -2.49. The number of carboxylic acid groups (broad SMARTS) is 1. The van der Waals surface area contributed by atoms with Crippen molar-refractivity contribution in [2.45, 2.75) is 29.9 Å². The second-order valence-corrected chi connectivity index (χ2v) is 9.99. The average molecular weight is 483 g/mol. The number of hydrogen-bond acceptors (Lipinski definition) is 11. The van der Waals surface area contributed by atoms with Crippen molar-refractivity contribution in [2.24, 2.45) is 7.05 Å². The van der Waals surface area contributed by atoms with Crippen molar-refractivity contribution in [3.05, 3.63) is 21.8 Å². The standard InChI is InChI=1S/C16H18N8O4S3/c1-6-8(31-15(17)18-6)3-9(25)19-10-12(26)24-11(14(27)28)7(4-29-13(10)24)5-30-16-20-21-22-23(16)2/h10,13H,3-5H2,1-2H3,(H2,17,18)(H,19,25)(H,27,28)/t10?,13-/m0/s1. The van der Waals surface area contributed by atoms with Crippen LogP contribution in [0.25, 0.3) is 0 Å². The van der Waals surface area contributed by atoms with Gasteiger partial charge in [0, 0.05) is 23.4 Å². The Balaban J connectivity index is 1.44. The summed E-state index contributed by atoms with van der Waals surface area (Å²) in [7, 11) is 1.69. The molecule has 1 unspecified atom stereocenters. The van der Waals surface area contributed by atoms with Gasteiger partial charge in [-0.15, -0.1) is 28.2 Å². The third-order valence-corrected chi connectivity index (χ3v) is 8.18. The largest absolute Gasteiger partial charge is 0.477 e. The molecule has 1 fully saturated rings. The van der Waals surface area contributed by atoms with Gasteiger partial charge >= 0.3 is 5.97 Å². The van der Waals surface area contributed by atoms with E-state index in [2.05, 4.69) is 25.8 Å². The molecule has 2 amide bonds. The maximum Gasteiger partial charge on any atom is 0.352 e. The molecule has 2 atom stereocenters. The van der Waals surface area contributed by atoms with Gasteiger partial charge in [0.1, 0.15) is 17.1 Å². The number of hydrogen-bond donors (Lipinski definition) is 3. The number of β-lactam (4-membered cyclic amide) rings is 1. The number of carboxylic acids is 1. The summed E-state index contributed by atoms with van der Waals surface area (Å²) in [5.41, 5.74) is 6.92. The number of carbonyl (C=O) groups excluding carboxylic acids is 2. The third kappa shape index (κ3) is 4.12. The highest BCUT2D eigenvalue weighted by Crippen LogP contribution is 2.41. The van der Waals surface area contributed by atoms with Crippen LogP contribution in [-0.4, -0.2) is 75.9 Å². The van der Waals surface area contributed by atoms with Crippen LogP contribution >= 0.6 is 34.9 Å². The summed E-state index contributed by atoms with van der Waals surface area (Å²) in [5.74, 6) is -1.19. The van der Waals surface area contributed by atoms with Crippen molar-refractivity contribution in [3.8, 4) is 0 Å². The summed E-state index contributed by atoms with van der Waals surface area (Å²) in [5, 5.41) is 24.1. The van der Waals surface area contributed by atoms with E-state index in [0.29, 0.717) is 33.1 Å². The van der Waals surface area contributed by atoms with Crippen LogP contribution in [0, 0.1) is 6.92 Å². The fraction of sp³-hybridized carbons (Fsp3) is 0.438. The maximum atomic E-state index is 12.7. The number of carbonyl (C=O) groups is 3. The molecule has 4 rings (SSSR count). The Hall–Kier alpha value is -2.65. The van der Waals surface area contributed by atoms with E-state index in [4.69, 9.17) is 5.73 Å². The summed E-state index contributed by atoms with van der Waals surface area (Å²) in [6, 6.07) is -0.769. The van der Waals surface area contributed by atoms with E-state index in [1.807, 2.05) is 0 Å². The van der Waals surface area contributed by atoms with Crippen LogP contribution < -0.4 is 11.1 Å². The van der Waals surface area contributed by atoms with Crippen molar-refractivity contribution in [3.63, 3.8) is 0 Å². The SMILES string of the molecule is Cc1nc(N)sc1CC(=O)NC1C(=O)N2C(C(=O)O)=C(CSc3nnnn3C)CS[C@@H]12. The molecule has 164 valence electrons. The van der Waals surface area contributed by atoms with Gasteiger partial charge in [0.15, 0.2) is 5.13 Å². The number of rotatable bonds is 7. The molecule has 4 heterocycles. The van der Waals surface area contributed by atoms with E-state index in [1.165, 1.54) is 44.4 Å². The number of aliphatic carboxylic acids is 1. The lowest BCUT2D eigenvalue weighted by Crippen LogP contribution is -2.70. The molecule has 2 aliphatic rings. The van der Waals surface area contributed by atoms with Crippen LogP contribution in [0.3, 0.4) is 0 Å². The van der Waals surface area contributed by atoms with Gasteiger partial charge in [0.05, 0.1) is 12.1 Å². The van der Waals surface area contributed by atoms with E-state index in [-0.39, 0.29) is 18.0 Å². The van der Waals surface area contributed by atoms with Gasteiger partial charge < -0.3 is 16.2 Å². The van der Waals surface area contributed by atoms with Gasteiger partial charge in [0.25, 0.3) is 5.91 Å². The summed E-state index contributed by atoms with van der Waals surface area (Å²) >= 11 is 3.95. The number of nitrogens with one attached hydrogen (secondary N) is 1. The molecule has 2 aliphatic heterocycles. The van der Waals surface area contributed by atoms with Gasteiger partial charge in [0.2, 0.25) is 11.1 Å². The van der Waals surface area contributed by atoms with Crippen LogP contribution in [0.4, 0.5) is 5.13 Å². The molecule has 2 aromatic heterocycles. The average Bonchev–Trinajstić information content (AvgIpc) is 3.27. The molecule has 12 nitrogen and oxygen atoms in total. The molecule has 15 heteroatoms. The van der Waals surface area contributed by atoms with Crippen molar-refractivity contribution >= 4 is 57.8 Å². The minimum Gasteiger partial charge on any atom is -0.477 e. The topological polar surface area (TPSA) is 169 Å². The molecule has 2 aromatic rings. The fourth-order valence-corrected chi connectivity index (χ4v) is 6.44. The minimum atomic E-state index is -1.18. The minimum absolute atomic E-state index is 0.0343. The van der Waals surface area contributed by atoms with Gasteiger partial charge in [-0.05, 0) is 22.9 Å². The summed E-state index contributed by atoms with van der Waals surface area (Å²) in [6.45, 7) is 1.77. The van der Waals surface area contributed by atoms with E-state index in [1.54, 1.807) is 14.0 Å². The Labute approximate surface area is 188 Å². The highest BCUT2D eigenvalue weighted by atomic mass is 32.2. The van der Waals surface area contributed by atoms with Crippen molar-refractivity contribution in [2.75, 3.05) is 17.2 Å². The number of thiazole rings is 1. The van der Waals surface area contributed by atoms with Gasteiger partial charge in [-0.3, -0.25) is 14.5 Å². The van der Waals surface area contributed by atoms with Gasteiger partial charge in [-0.1, -0.05) is 11.8 Å². The number of nitrogen functional groups attached to an aromatic ring is 1. The highest BCUT2D eigenvalue weighted by molar-refractivity contribution is 8.01. The third-order valence-electron chi connectivity index (χ3n) is 4.75. The fourth-order valence-electron chi connectivity index (χ4n) is 3.27. The molecule has 4 N–H and O–H groups in total. The van der Waals surface area contributed by atoms with Crippen LogP contribution in [-0.2, 0) is 27.9 Å². The number of anilines is 1. The number of aryl methyl sites for hydroxylation is 2. The Kier molecular flexibility index (Phi) is 5.90. The Morgan fingerprint density at radius 1 is 1.42 bits per heavy atom. The normalized spacial score (nSPS) is 20.5. The number of aromatic nitrogens is 5. The van der Waals surface area contributed by atoms with E-state index in [0.717, 1.165) is 4.88 Å². The number of fused-ring (bicyclic) bond motifs is 1. The van der Waals surface area contributed by atoms with Gasteiger partial charge in [-0.25, -0.2) is 14.5 Å². The molecule has 0 saturated carbocycles. The van der Waals surface area contributed by atoms with Crippen LogP contribution in [0.1, 0.15) is 10.6 Å². The van der Waals surface area contributed by atoms with E-state index >= 15 is 0 Å². The molecule has 0 aliphatic carbocycles. The van der Waals surface area contributed by atoms with E-state index < -0.39 is 23.3 Å². The lowest BCUT2D eigenvalue weighted by molar-refractivity contribution is -0.150. The zero-order valence-corrected chi connectivity index (χ0v) is 18.9. The maximum absolute atomic E-state index is 12.7. The van der Waals surface area contributed by atoms with Crippen molar-refractivity contribution < 1.29 is 19.5 Å². The summed E-state index contributed by atoms with van der Waals surface area (Å²) < 4.78 is 1.49. The first-order valence-corrected chi connectivity index (χ1v) is 11.9. The number of nitrogens with two attached hydrogens (primary N) is 1. The van der Waals surface area contributed by atoms with Crippen molar-refractivity contribution in [1.82, 2.24) is 35.4 Å². The van der Waals surface area contributed by atoms with Crippen LogP contribution in [0.2, 0.25) is 0 Å². The Morgan fingerprint density at radius 2 is 2.19 bits per heavy atom. The Morgan fingerprint density at radius 3 is 2.81 bits per heavy atom. The first kappa shape index (κ1) is 21.6. The van der Waals surface area contributed by atoms with Crippen LogP contribution in [0.5, 0.6) is 0 Å². The first-order chi connectivity index (χ1) is 14.8. The molecule has 0 bridgehead atoms. The second kappa shape index (κ2) is 8.47. The number of amides is 2. The molecular formula is C16H18N8O4S3. The predicted molar refractivity (Wildman–Crippen MR) is 114 cm³/mol. The van der Waals surface area contributed by atoms with Gasteiger partial charge in [-0.2, -0.15) is 0 Å². The lowest BCUT2D eigenvalue weighted by atomic mass is 10.0. The summed E-state index contributed by atoms with van der Waals surface area (Å²) in [6.07, 6.45) is 0.0666.